The summed E-state index contributed by atoms with van der Waals surface area (Å²) in [6.45, 7) is 3.65. The van der Waals surface area contributed by atoms with E-state index in [1.165, 1.54) is 0 Å². The molecule has 0 saturated heterocycles. The molecule has 5 nitrogen and oxygen atoms in total. The normalized spacial score (nSPS) is 12.7. The van der Waals surface area contributed by atoms with E-state index in [0.29, 0.717) is 19.8 Å². The van der Waals surface area contributed by atoms with Crippen molar-refractivity contribution in [2.45, 2.75) is 13.0 Å². The molecular formula is C11H19N3O2. The predicted molar refractivity (Wildman–Crippen MR) is 61.7 cm³/mol. The van der Waals surface area contributed by atoms with Crippen molar-refractivity contribution in [3.05, 3.63) is 29.6 Å². The SMILES string of the molecule is COCCOCC(NN)c1cncc(C)c1. The highest BCUT2D eigenvalue weighted by Gasteiger charge is 2.09. The molecule has 1 atom stereocenters. The minimum absolute atomic E-state index is 0.0377. The third-order valence-corrected chi connectivity index (χ3v) is 2.22. The fourth-order valence-electron chi connectivity index (χ4n) is 1.35. The number of aromatic nitrogens is 1. The van der Waals surface area contributed by atoms with Gasteiger partial charge in [-0.1, -0.05) is 6.07 Å². The van der Waals surface area contributed by atoms with Crippen molar-refractivity contribution >= 4 is 0 Å². The Morgan fingerprint density at radius 1 is 1.44 bits per heavy atom. The summed E-state index contributed by atoms with van der Waals surface area (Å²) >= 11 is 0. The molecule has 0 spiro atoms. The Hall–Kier alpha value is -1.01. The van der Waals surface area contributed by atoms with E-state index >= 15 is 0 Å². The summed E-state index contributed by atoms with van der Waals surface area (Å²) in [5.74, 6) is 5.48. The lowest BCUT2D eigenvalue weighted by atomic mass is 10.1. The largest absolute Gasteiger partial charge is 0.382 e. The predicted octanol–water partition coefficient (Wildman–Crippen LogP) is 0.557. The van der Waals surface area contributed by atoms with E-state index in [1.807, 2.05) is 19.2 Å². The molecule has 0 radical (unpaired) electrons. The van der Waals surface area contributed by atoms with Gasteiger partial charge < -0.3 is 9.47 Å². The summed E-state index contributed by atoms with van der Waals surface area (Å²) in [5, 5.41) is 0. The van der Waals surface area contributed by atoms with Gasteiger partial charge in [0.15, 0.2) is 0 Å². The van der Waals surface area contributed by atoms with Gasteiger partial charge >= 0.3 is 0 Å². The first-order valence-corrected chi connectivity index (χ1v) is 5.22. The molecule has 1 rings (SSSR count). The monoisotopic (exact) mass is 225 g/mol. The van der Waals surface area contributed by atoms with E-state index in [0.717, 1.165) is 11.1 Å². The average Bonchev–Trinajstić information content (AvgIpc) is 2.29. The third kappa shape index (κ3) is 4.24. The number of nitrogens with one attached hydrogen (secondary N) is 1. The lowest BCUT2D eigenvalue weighted by molar-refractivity contribution is 0.0585. The Morgan fingerprint density at radius 2 is 2.25 bits per heavy atom. The van der Waals surface area contributed by atoms with E-state index in [9.17, 15) is 0 Å². The Kier molecular flexibility index (Phi) is 5.95. The molecule has 0 aliphatic rings. The van der Waals surface area contributed by atoms with Crippen LogP contribution in [0, 0.1) is 6.92 Å². The summed E-state index contributed by atoms with van der Waals surface area (Å²) < 4.78 is 10.3. The molecule has 0 saturated carbocycles. The second-order valence-corrected chi connectivity index (χ2v) is 3.58. The zero-order valence-electron chi connectivity index (χ0n) is 9.77. The van der Waals surface area contributed by atoms with Gasteiger partial charge in [0.25, 0.3) is 0 Å². The number of hydrogen-bond donors (Lipinski definition) is 2. The molecule has 0 aliphatic carbocycles. The van der Waals surface area contributed by atoms with Crippen molar-refractivity contribution in [2.24, 2.45) is 5.84 Å². The Bertz CT molecular complexity index is 307. The maximum absolute atomic E-state index is 5.48. The third-order valence-electron chi connectivity index (χ3n) is 2.22. The molecule has 5 heteroatoms. The second kappa shape index (κ2) is 7.29. The van der Waals surface area contributed by atoms with Crippen LogP contribution in [0.3, 0.4) is 0 Å². The lowest BCUT2D eigenvalue weighted by Gasteiger charge is -2.16. The van der Waals surface area contributed by atoms with Crippen LogP contribution in [-0.2, 0) is 9.47 Å². The van der Waals surface area contributed by atoms with Crippen LogP contribution < -0.4 is 11.3 Å². The molecule has 1 heterocycles. The van der Waals surface area contributed by atoms with E-state index in [4.69, 9.17) is 15.3 Å². The molecule has 0 aliphatic heterocycles. The van der Waals surface area contributed by atoms with E-state index < -0.39 is 0 Å². The number of hydrogen-bond acceptors (Lipinski definition) is 5. The number of ether oxygens (including phenoxy) is 2. The quantitative estimate of drug-likeness (QED) is 0.403. The Balaban J connectivity index is 2.47. The number of pyridine rings is 1. The standard InChI is InChI=1S/C11H19N3O2/c1-9-5-10(7-13-6-9)11(14-12)8-16-4-3-15-2/h5-7,11,14H,3-4,8,12H2,1-2H3. The summed E-state index contributed by atoms with van der Waals surface area (Å²) in [4.78, 5) is 4.12. The molecular weight excluding hydrogens is 206 g/mol. The number of hydrazine groups is 1. The second-order valence-electron chi connectivity index (χ2n) is 3.58. The molecule has 3 N–H and O–H groups in total. The number of nitrogens with zero attached hydrogens (tertiary/aromatic N) is 1. The molecule has 0 aromatic carbocycles. The highest BCUT2D eigenvalue weighted by atomic mass is 16.5. The van der Waals surface area contributed by atoms with Crippen LogP contribution in [0.25, 0.3) is 0 Å². The van der Waals surface area contributed by atoms with Crippen molar-refractivity contribution in [3.63, 3.8) is 0 Å². The average molecular weight is 225 g/mol. The molecule has 0 fully saturated rings. The fourth-order valence-corrected chi connectivity index (χ4v) is 1.35. The lowest BCUT2D eigenvalue weighted by Crippen LogP contribution is -2.31. The summed E-state index contributed by atoms with van der Waals surface area (Å²) in [7, 11) is 1.65. The van der Waals surface area contributed by atoms with Gasteiger partial charge in [-0.15, -0.1) is 0 Å². The van der Waals surface area contributed by atoms with Crippen molar-refractivity contribution in [1.29, 1.82) is 0 Å². The highest BCUT2D eigenvalue weighted by molar-refractivity contribution is 5.20. The first-order chi connectivity index (χ1) is 7.77. The van der Waals surface area contributed by atoms with Crippen LogP contribution in [0.1, 0.15) is 17.2 Å². The first-order valence-electron chi connectivity index (χ1n) is 5.22. The van der Waals surface area contributed by atoms with Gasteiger partial charge in [-0.25, -0.2) is 0 Å². The van der Waals surface area contributed by atoms with Crippen LogP contribution in [-0.4, -0.2) is 31.9 Å². The van der Waals surface area contributed by atoms with E-state index in [-0.39, 0.29) is 6.04 Å². The molecule has 1 aromatic heterocycles. The van der Waals surface area contributed by atoms with E-state index in [1.54, 1.807) is 13.3 Å². The first kappa shape index (κ1) is 13.1. The summed E-state index contributed by atoms with van der Waals surface area (Å²) in [6, 6.07) is 2.00. The van der Waals surface area contributed by atoms with Crippen LogP contribution in [0.5, 0.6) is 0 Å². The topological polar surface area (TPSA) is 69.4 Å². The fraction of sp³-hybridized carbons (Fsp3) is 0.545. The Labute approximate surface area is 95.9 Å². The molecule has 90 valence electrons. The number of nitrogens with two attached hydrogens (primary N) is 1. The Morgan fingerprint density at radius 3 is 2.88 bits per heavy atom. The minimum atomic E-state index is -0.0377. The van der Waals surface area contributed by atoms with Crippen LogP contribution >= 0.6 is 0 Å². The molecule has 1 unspecified atom stereocenters. The zero-order valence-corrected chi connectivity index (χ0v) is 9.77. The van der Waals surface area contributed by atoms with E-state index in [2.05, 4.69) is 10.4 Å². The van der Waals surface area contributed by atoms with Gasteiger partial charge in [0.1, 0.15) is 0 Å². The van der Waals surface area contributed by atoms with Gasteiger partial charge in [0.2, 0.25) is 0 Å². The minimum Gasteiger partial charge on any atom is -0.382 e. The highest BCUT2D eigenvalue weighted by Crippen LogP contribution is 2.12. The number of rotatable bonds is 7. The van der Waals surface area contributed by atoms with Gasteiger partial charge in [-0.2, -0.15) is 0 Å². The van der Waals surface area contributed by atoms with Crippen LogP contribution in [0.2, 0.25) is 0 Å². The maximum Gasteiger partial charge on any atom is 0.0708 e. The summed E-state index contributed by atoms with van der Waals surface area (Å²) in [5.41, 5.74) is 4.85. The molecule has 0 amide bonds. The maximum atomic E-state index is 5.48. The van der Waals surface area contributed by atoms with Crippen molar-refractivity contribution < 1.29 is 9.47 Å². The van der Waals surface area contributed by atoms with Crippen molar-refractivity contribution in [3.8, 4) is 0 Å². The number of methoxy groups -OCH3 is 1. The molecule has 16 heavy (non-hydrogen) atoms. The molecule has 1 aromatic rings. The molecule has 0 bridgehead atoms. The van der Waals surface area contributed by atoms with Crippen molar-refractivity contribution in [1.82, 2.24) is 10.4 Å². The van der Waals surface area contributed by atoms with Crippen LogP contribution in [0.4, 0.5) is 0 Å². The van der Waals surface area contributed by atoms with Gasteiger partial charge in [0.05, 0.1) is 25.9 Å². The van der Waals surface area contributed by atoms with Gasteiger partial charge in [-0.05, 0) is 18.1 Å². The van der Waals surface area contributed by atoms with Crippen molar-refractivity contribution in [2.75, 3.05) is 26.9 Å². The van der Waals surface area contributed by atoms with Gasteiger partial charge in [0, 0.05) is 19.5 Å². The number of aryl methyl sites for hydroxylation is 1. The van der Waals surface area contributed by atoms with Crippen LogP contribution in [0.15, 0.2) is 18.5 Å². The summed E-state index contributed by atoms with van der Waals surface area (Å²) in [6.07, 6.45) is 3.60. The smallest absolute Gasteiger partial charge is 0.0708 e. The van der Waals surface area contributed by atoms with Gasteiger partial charge in [-0.3, -0.25) is 16.3 Å². The zero-order chi connectivity index (χ0) is 11.8.